The lowest BCUT2D eigenvalue weighted by atomic mass is 10.1. The number of ether oxygens (including phenoxy) is 2. The molecule has 108 valence electrons. The average molecular weight is 274 g/mol. The molecule has 0 saturated carbocycles. The molecule has 1 N–H and O–H groups in total. The predicted molar refractivity (Wildman–Crippen MR) is 81.7 cm³/mol. The molecule has 0 saturated heterocycles. The van der Waals surface area contributed by atoms with Crippen LogP contribution >= 0.6 is 0 Å². The second-order valence-corrected chi connectivity index (χ2v) is 5.14. The van der Waals surface area contributed by atoms with Crippen molar-refractivity contribution in [2.75, 3.05) is 6.61 Å². The summed E-state index contributed by atoms with van der Waals surface area (Å²) in [7, 11) is 2.01. The minimum Gasteiger partial charge on any atom is -0.494 e. The molecule has 2 rings (SSSR count). The van der Waals surface area contributed by atoms with Gasteiger partial charge in [-0.1, -0.05) is 0 Å². The van der Waals surface area contributed by atoms with E-state index in [1.807, 2.05) is 40.0 Å². The highest BCUT2D eigenvalue weighted by molar-refractivity contribution is 5.89. The Labute approximate surface area is 119 Å². The molecule has 1 aromatic carbocycles. The molecule has 0 radical (unpaired) electrons. The second kappa shape index (κ2) is 5.99. The molecule has 1 aromatic heterocycles. The van der Waals surface area contributed by atoms with Gasteiger partial charge in [0.25, 0.3) is 0 Å². The number of hydrogen-bond donors (Lipinski definition) is 1. The van der Waals surface area contributed by atoms with Crippen molar-refractivity contribution < 1.29 is 9.47 Å². The Hall–Kier alpha value is -1.97. The van der Waals surface area contributed by atoms with Crippen molar-refractivity contribution >= 4 is 16.8 Å². The lowest BCUT2D eigenvalue weighted by molar-refractivity contribution is 0.221. The summed E-state index contributed by atoms with van der Waals surface area (Å²) in [6.07, 6.45) is 2.62. The third-order valence-corrected chi connectivity index (χ3v) is 3.08. The maximum absolute atomic E-state index is 7.89. The number of aromatic nitrogens is 1. The lowest BCUT2D eigenvalue weighted by Gasteiger charge is -2.10. The van der Waals surface area contributed by atoms with Crippen LogP contribution < -0.4 is 4.74 Å². The summed E-state index contributed by atoms with van der Waals surface area (Å²) in [5.74, 6) is 1.18. The minimum atomic E-state index is 0.0435. The molecular weight excluding hydrogens is 252 g/mol. The molecule has 0 bridgehead atoms. The van der Waals surface area contributed by atoms with E-state index >= 15 is 0 Å². The van der Waals surface area contributed by atoms with Crippen LogP contribution in [0, 0.1) is 5.41 Å². The van der Waals surface area contributed by atoms with Gasteiger partial charge in [-0.05, 0) is 38.5 Å². The van der Waals surface area contributed by atoms with Gasteiger partial charge in [-0.2, -0.15) is 0 Å². The molecule has 0 aliphatic heterocycles. The predicted octanol–water partition coefficient (Wildman–Crippen LogP) is 3.52. The van der Waals surface area contributed by atoms with Crippen molar-refractivity contribution in [3.05, 3.63) is 30.0 Å². The normalized spacial score (nSPS) is 11.1. The van der Waals surface area contributed by atoms with Crippen molar-refractivity contribution in [1.82, 2.24) is 4.57 Å². The quantitative estimate of drug-likeness (QED) is 0.670. The van der Waals surface area contributed by atoms with Gasteiger partial charge < -0.3 is 14.0 Å². The molecule has 0 unspecified atom stereocenters. The first-order valence-corrected chi connectivity index (χ1v) is 6.96. The van der Waals surface area contributed by atoms with Crippen LogP contribution in [0.3, 0.4) is 0 Å². The summed E-state index contributed by atoms with van der Waals surface area (Å²) in [5, 5.41) is 9.04. The minimum absolute atomic E-state index is 0.0435. The van der Waals surface area contributed by atoms with Crippen LogP contribution in [-0.4, -0.2) is 23.2 Å². The molecule has 0 aliphatic carbocycles. The number of fused-ring (bicyclic) bond motifs is 1. The highest BCUT2D eigenvalue weighted by atomic mass is 16.5. The molecule has 0 atom stereocenters. The summed E-state index contributed by atoms with van der Waals surface area (Å²) < 4.78 is 13.0. The highest BCUT2D eigenvalue weighted by Gasteiger charge is 2.11. The lowest BCUT2D eigenvalue weighted by Crippen LogP contribution is -2.12. The van der Waals surface area contributed by atoms with Gasteiger partial charge in [0, 0.05) is 24.7 Å². The van der Waals surface area contributed by atoms with Gasteiger partial charge in [0.2, 0.25) is 0 Å². The third kappa shape index (κ3) is 3.13. The standard InChI is InChI=1S/C16H22N2O2/c1-5-19-13-6-7-14-12(8-16(17)20-11(2)3)10-18(4)15(14)9-13/h6-7,9-11,17H,5,8H2,1-4H3. The summed E-state index contributed by atoms with van der Waals surface area (Å²) in [6.45, 7) is 6.51. The Morgan fingerprint density at radius 3 is 2.75 bits per heavy atom. The van der Waals surface area contributed by atoms with E-state index < -0.39 is 0 Å². The summed E-state index contributed by atoms with van der Waals surface area (Å²) in [5.41, 5.74) is 2.22. The Balaban J connectivity index is 2.29. The van der Waals surface area contributed by atoms with Gasteiger partial charge in [-0.25, -0.2) is 0 Å². The van der Waals surface area contributed by atoms with E-state index in [0.717, 1.165) is 22.2 Å². The largest absolute Gasteiger partial charge is 0.494 e. The first-order valence-electron chi connectivity index (χ1n) is 6.96. The molecule has 0 amide bonds. The first-order chi connectivity index (χ1) is 9.51. The zero-order chi connectivity index (χ0) is 14.7. The molecule has 0 spiro atoms. The third-order valence-electron chi connectivity index (χ3n) is 3.08. The fraction of sp³-hybridized carbons (Fsp3) is 0.438. The van der Waals surface area contributed by atoms with Crippen LogP contribution in [0.15, 0.2) is 24.4 Å². The fourth-order valence-electron chi connectivity index (χ4n) is 2.34. The van der Waals surface area contributed by atoms with E-state index in [0.29, 0.717) is 18.9 Å². The molecule has 0 fully saturated rings. The van der Waals surface area contributed by atoms with Crippen molar-refractivity contribution in [3.63, 3.8) is 0 Å². The number of nitrogens with zero attached hydrogens (tertiary/aromatic N) is 1. The molecule has 2 aromatic rings. The molecule has 1 heterocycles. The summed E-state index contributed by atoms with van der Waals surface area (Å²) >= 11 is 0. The number of benzene rings is 1. The Morgan fingerprint density at radius 1 is 1.35 bits per heavy atom. The Bertz CT molecular complexity index is 614. The molecule has 20 heavy (non-hydrogen) atoms. The molecule has 0 aliphatic rings. The number of nitrogens with one attached hydrogen (secondary N) is 1. The van der Waals surface area contributed by atoms with E-state index in [4.69, 9.17) is 14.9 Å². The van der Waals surface area contributed by atoms with Crippen LogP contribution in [0.2, 0.25) is 0 Å². The zero-order valence-electron chi connectivity index (χ0n) is 12.6. The van der Waals surface area contributed by atoms with Gasteiger partial charge in [0.15, 0.2) is 5.90 Å². The number of hydrogen-bond acceptors (Lipinski definition) is 3. The van der Waals surface area contributed by atoms with Gasteiger partial charge >= 0.3 is 0 Å². The van der Waals surface area contributed by atoms with Crippen molar-refractivity contribution in [2.45, 2.75) is 33.3 Å². The van der Waals surface area contributed by atoms with E-state index in [-0.39, 0.29) is 6.10 Å². The van der Waals surface area contributed by atoms with Gasteiger partial charge in [-0.15, -0.1) is 0 Å². The summed E-state index contributed by atoms with van der Waals surface area (Å²) in [4.78, 5) is 0. The van der Waals surface area contributed by atoms with Crippen LogP contribution in [-0.2, 0) is 18.2 Å². The van der Waals surface area contributed by atoms with Crippen molar-refractivity contribution in [3.8, 4) is 5.75 Å². The smallest absolute Gasteiger partial charge is 0.185 e. The first kappa shape index (κ1) is 14.4. The summed E-state index contributed by atoms with van der Waals surface area (Å²) in [6, 6.07) is 6.07. The molecule has 4 nitrogen and oxygen atoms in total. The van der Waals surface area contributed by atoms with E-state index in [9.17, 15) is 0 Å². The van der Waals surface area contributed by atoms with Crippen molar-refractivity contribution in [1.29, 1.82) is 5.41 Å². The fourth-order valence-corrected chi connectivity index (χ4v) is 2.34. The van der Waals surface area contributed by atoms with Crippen LogP contribution in [0.5, 0.6) is 5.75 Å². The average Bonchev–Trinajstić information content (AvgIpc) is 2.65. The zero-order valence-corrected chi connectivity index (χ0v) is 12.6. The van der Waals surface area contributed by atoms with Crippen LogP contribution in [0.4, 0.5) is 0 Å². The van der Waals surface area contributed by atoms with E-state index in [2.05, 4.69) is 16.8 Å². The monoisotopic (exact) mass is 274 g/mol. The second-order valence-electron chi connectivity index (χ2n) is 5.14. The Morgan fingerprint density at radius 2 is 2.10 bits per heavy atom. The van der Waals surface area contributed by atoms with Crippen LogP contribution in [0.1, 0.15) is 26.3 Å². The van der Waals surface area contributed by atoms with E-state index in [1.165, 1.54) is 0 Å². The van der Waals surface area contributed by atoms with E-state index in [1.54, 1.807) is 0 Å². The SMILES string of the molecule is CCOc1ccc2c(CC(=N)OC(C)C)cn(C)c2c1. The van der Waals surface area contributed by atoms with Crippen LogP contribution in [0.25, 0.3) is 10.9 Å². The van der Waals surface area contributed by atoms with Gasteiger partial charge in [0.1, 0.15) is 5.75 Å². The highest BCUT2D eigenvalue weighted by Crippen LogP contribution is 2.26. The topological polar surface area (TPSA) is 47.2 Å². The Kier molecular flexibility index (Phi) is 4.32. The molecule has 4 heteroatoms. The molecular formula is C16H22N2O2. The van der Waals surface area contributed by atoms with Gasteiger partial charge in [0.05, 0.1) is 24.6 Å². The maximum atomic E-state index is 7.89. The number of aryl methyl sites for hydroxylation is 1. The number of rotatable bonds is 5. The maximum Gasteiger partial charge on any atom is 0.185 e. The van der Waals surface area contributed by atoms with Gasteiger partial charge in [-0.3, -0.25) is 5.41 Å². The van der Waals surface area contributed by atoms with Crippen molar-refractivity contribution in [2.24, 2.45) is 7.05 Å².